The average molecular weight is 420 g/mol. The number of carbonyl (C=O) groups excluding carboxylic acids is 1. The minimum absolute atomic E-state index is 0.0233. The number of rotatable bonds is 6. The highest BCUT2D eigenvalue weighted by Crippen LogP contribution is 2.32. The van der Waals surface area contributed by atoms with Crippen LogP contribution in [0.5, 0.6) is 0 Å². The summed E-state index contributed by atoms with van der Waals surface area (Å²) in [6.45, 7) is 2.20. The maximum atomic E-state index is 14.1. The molecule has 3 aromatic rings. The van der Waals surface area contributed by atoms with Crippen molar-refractivity contribution in [3.8, 4) is 0 Å². The first-order valence-electron chi connectivity index (χ1n) is 8.65. The Morgan fingerprint density at radius 3 is 2.62 bits per heavy atom. The summed E-state index contributed by atoms with van der Waals surface area (Å²) < 4.78 is 27.9. The number of fused-ring (bicyclic) bond motifs is 1. The summed E-state index contributed by atoms with van der Waals surface area (Å²) in [5.41, 5.74) is 0.199. The molecule has 0 unspecified atom stereocenters. The highest BCUT2D eigenvalue weighted by atomic mass is 32.1. The zero-order valence-corrected chi connectivity index (χ0v) is 16.8. The van der Waals surface area contributed by atoms with E-state index in [2.05, 4.69) is 4.98 Å². The summed E-state index contributed by atoms with van der Waals surface area (Å²) >= 11 is 0.986. The molecule has 0 spiro atoms. The molecule has 0 atom stereocenters. The number of halogens is 2. The van der Waals surface area contributed by atoms with Crippen molar-refractivity contribution in [3.63, 3.8) is 0 Å². The summed E-state index contributed by atoms with van der Waals surface area (Å²) in [7, 11) is 3.66. The third-order valence-electron chi connectivity index (χ3n) is 4.38. The van der Waals surface area contributed by atoms with E-state index in [0.29, 0.717) is 6.54 Å². The molecule has 0 saturated carbocycles. The lowest BCUT2D eigenvalue weighted by Gasteiger charge is -2.22. The third-order valence-corrected chi connectivity index (χ3v) is 5.41. The van der Waals surface area contributed by atoms with Crippen LogP contribution in [0.4, 0.5) is 19.6 Å². The Morgan fingerprint density at radius 2 is 1.97 bits per heavy atom. The Morgan fingerprint density at radius 1 is 1.24 bits per heavy atom. The summed E-state index contributed by atoms with van der Waals surface area (Å²) in [5.74, 6) is -2.03. The molecule has 0 saturated heterocycles. The van der Waals surface area contributed by atoms with E-state index >= 15 is 0 Å². The van der Waals surface area contributed by atoms with E-state index in [9.17, 15) is 23.7 Å². The van der Waals surface area contributed by atoms with Gasteiger partial charge in [-0.25, -0.2) is 13.8 Å². The topological polar surface area (TPSA) is 79.6 Å². The zero-order chi connectivity index (χ0) is 21.3. The van der Waals surface area contributed by atoms with Crippen molar-refractivity contribution in [2.45, 2.75) is 6.92 Å². The predicted octanol–water partition coefficient (Wildman–Crippen LogP) is 4.00. The van der Waals surface area contributed by atoms with Crippen LogP contribution in [0.2, 0.25) is 0 Å². The van der Waals surface area contributed by atoms with E-state index in [1.165, 1.54) is 30.0 Å². The molecule has 3 rings (SSSR count). The van der Waals surface area contributed by atoms with Crippen LogP contribution >= 0.6 is 11.3 Å². The lowest BCUT2D eigenvalue weighted by molar-refractivity contribution is -0.385. The summed E-state index contributed by atoms with van der Waals surface area (Å²) in [6.07, 6.45) is 0. The number of benzene rings is 2. The molecule has 0 bridgehead atoms. The second kappa shape index (κ2) is 8.18. The number of nitro benzene ring substituents is 1. The Hall–Kier alpha value is -2.98. The van der Waals surface area contributed by atoms with E-state index in [0.717, 1.165) is 23.5 Å². The Bertz CT molecular complexity index is 1100. The van der Waals surface area contributed by atoms with E-state index < -0.39 is 22.5 Å². The van der Waals surface area contributed by atoms with Gasteiger partial charge in [0.1, 0.15) is 11.3 Å². The van der Waals surface area contributed by atoms with E-state index in [1.54, 1.807) is 0 Å². The number of aromatic nitrogens is 1. The summed E-state index contributed by atoms with van der Waals surface area (Å²) in [6, 6.07) is 6.16. The zero-order valence-electron chi connectivity index (χ0n) is 16.0. The van der Waals surface area contributed by atoms with Gasteiger partial charge < -0.3 is 4.90 Å². The van der Waals surface area contributed by atoms with Crippen LogP contribution in [0.3, 0.4) is 0 Å². The van der Waals surface area contributed by atoms with Gasteiger partial charge in [-0.3, -0.25) is 19.8 Å². The van der Waals surface area contributed by atoms with Crippen LogP contribution in [0.25, 0.3) is 10.2 Å². The van der Waals surface area contributed by atoms with Gasteiger partial charge in [-0.2, -0.15) is 0 Å². The van der Waals surface area contributed by atoms with E-state index in [-0.39, 0.29) is 38.7 Å². The maximum absolute atomic E-state index is 14.1. The van der Waals surface area contributed by atoms with Crippen molar-refractivity contribution in [1.82, 2.24) is 9.88 Å². The van der Waals surface area contributed by atoms with Gasteiger partial charge in [-0.15, -0.1) is 0 Å². The molecule has 10 heteroatoms. The monoisotopic (exact) mass is 420 g/mol. The normalized spacial score (nSPS) is 11.2. The molecule has 152 valence electrons. The number of hydrogen-bond acceptors (Lipinski definition) is 6. The Balaban J connectivity index is 2.09. The van der Waals surface area contributed by atoms with Crippen LogP contribution in [0.1, 0.15) is 15.9 Å². The fourth-order valence-electron chi connectivity index (χ4n) is 2.84. The summed E-state index contributed by atoms with van der Waals surface area (Å²) in [4.78, 5) is 31.3. The van der Waals surface area contributed by atoms with Crippen LogP contribution in [-0.4, -0.2) is 47.9 Å². The molecule has 7 nitrogen and oxygen atoms in total. The van der Waals surface area contributed by atoms with Crippen LogP contribution in [0.15, 0.2) is 30.3 Å². The van der Waals surface area contributed by atoms with Gasteiger partial charge in [0.15, 0.2) is 10.9 Å². The molecular formula is C19H18F2N4O3S. The number of nitro groups is 1. The van der Waals surface area contributed by atoms with E-state index in [4.69, 9.17) is 0 Å². The second-order valence-electron chi connectivity index (χ2n) is 6.70. The first-order valence-corrected chi connectivity index (χ1v) is 9.47. The number of likely N-dealkylation sites (N-methyl/N-ethyl adjacent to an activating group) is 1. The molecule has 0 fully saturated rings. The predicted molar refractivity (Wildman–Crippen MR) is 108 cm³/mol. The first kappa shape index (κ1) is 20.7. The standard InChI is InChI=1S/C19H18F2N4O3S/c1-11-13(5-4-6-15(11)25(27)28)18(26)24(8-7-23(2)3)19-22-17-14(21)9-12(20)10-16(17)29-19/h4-6,9-10H,7-8H2,1-3H3. The molecule has 0 N–H and O–H groups in total. The fourth-order valence-corrected chi connectivity index (χ4v) is 3.87. The van der Waals surface area contributed by atoms with Gasteiger partial charge in [0.2, 0.25) is 0 Å². The molecule has 1 aromatic heterocycles. The molecule has 0 aliphatic rings. The van der Waals surface area contributed by atoms with Gasteiger partial charge in [-0.1, -0.05) is 17.4 Å². The van der Waals surface area contributed by atoms with Gasteiger partial charge in [0.05, 0.1) is 9.62 Å². The van der Waals surface area contributed by atoms with Crippen molar-refractivity contribution in [2.75, 3.05) is 32.1 Å². The number of hydrogen-bond donors (Lipinski definition) is 0. The lowest BCUT2D eigenvalue weighted by Crippen LogP contribution is -2.37. The smallest absolute Gasteiger partial charge is 0.273 e. The highest BCUT2D eigenvalue weighted by Gasteiger charge is 2.26. The van der Waals surface area contributed by atoms with Crippen LogP contribution in [-0.2, 0) is 0 Å². The van der Waals surface area contributed by atoms with Gasteiger partial charge >= 0.3 is 0 Å². The lowest BCUT2D eigenvalue weighted by atomic mass is 10.1. The molecule has 0 aliphatic carbocycles. The van der Waals surface area contributed by atoms with Gasteiger partial charge in [0.25, 0.3) is 11.6 Å². The Labute approximate surface area is 169 Å². The number of anilines is 1. The van der Waals surface area contributed by atoms with Crippen LogP contribution in [0, 0.1) is 28.7 Å². The third kappa shape index (κ3) is 4.22. The van der Waals surface area contributed by atoms with Gasteiger partial charge in [0, 0.05) is 36.3 Å². The van der Waals surface area contributed by atoms with Crippen molar-refractivity contribution in [2.24, 2.45) is 0 Å². The van der Waals surface area contributed by atoms with Crippen molar-refractivity contribution < 1.29 is 18.5 Å². The number of nitrogens with zero attached hydrogens (tertiary/aromatic N) is 4. The molecule has 1 amide bonds. The number of carbonyl (C=O) groups is 1. The quantitative estimate of drug-likeness (QED) is 0.445. The number of amides is 1. The molecular weight excluding hydrogens is 402 g/mol. The minimum atomic E-state index is -0.811. The molecule has 2 aromatic carbocycles. The largest absolute Gasteiger partial charge is 0.308 e. The second-order valence-corrected chi connectivity index (χ2v) is 7.71. The fraction of sp³-hybridized carbons (Fsp3) is 0.263. The maximum Gasteiger partial charge on any atom is 0.273 e. The molecule has 29 heavy (non-hydrogen) atoms. The molecule has 0 aliphatic heterocycles. The van der Waals surface area contributed by atoms with Crippen molar-refractivity contribution in [3.05, 3.63) is 63.2 Å². The molecule has 1 heterocycles. The first-order chi connectivity index (χ1) is 13.7. The van der Waals surface area contributed by atoms with Gasteiger partial charge in [-0.05, 0) is 33.2 Å². The Kier molecular flexibility index (Phi) is 5.85. The van der Waals surface area contributed by atoms with Crippen LogP contribution < -0.4 is 4.90 Å². The van der Waals surface area contributed by atoms with E-state index in [1.807, 2.05) is 19.0 Å². The SMILES string of the molecule is Cc1c(C(=O)N(CCN(C)C)c2nc3c(F)cc(F)cc3s2)cccc1[N+](=O)[O-]. The number of thiazole rings is 1. The van der Waals surface area contributed by atoms with Crippen molar-refractivity contribution >= 4 is 38.3 Å². The molecule has 0 radical (unpaired) electrons. The van der Waals surface area contributed by atoms with Crippen molar-refractivity contribution in [1.29, 1.82) is 0 Å². The average Bonchev–Trinajstić information content (AvgIpc) is 3.05. The summed E-state index contributed by atoms with van der Waals surface area (Å²) in [5, 5.41) is 11.4. The minimum Gasteiger partial charge on any atom is -0.308 e. The highest BCUT2D eigenvalue weighted by molar-refractivity contribution is 7.22.